The van der Waals surface area contributed by atoms with Gasteiger partial charge in [-0.1, -0.05) is 32.9 Å². The molecule has 3 aliphatic heterocycles. The Morgan fingerprint density at radius 1 is 1.24 bits per heavy atom. The molecule has 4 aliphatic rings. The number of carbonyl (C=O) groups excluding carboxylic acids is 2. The van der Waals surface area contributed by atoms with Gasteiger partial charge in [0, 0.05) is 25.2 Å². The smallest absolute Gasteiger partial charge is 0.242 e. The van der Waals surface area contributed by atoms with Gasteiger partial charge in [0.05, 0.1) is 24.2 Å². The van der Waals surface area contributed by atoms with Crippen LogP contribution in [-0.2, 0) is 9.59 Å². The summed E-state index contributed by atoms with van der Waals surface area (Å²) in [4.78, 5) is 32.3. The average Bonchev–Trinajstić information content (AvgIpc) is 3.09. The van der Waals surface area contributed by atoms with Crippen molar-refractivity contribution >= 4 is 11.8 Å². The van der Waals surface area contributed by atoms with Crippen LogP contribution in [0.4, 0.5) is 4.39 Å². The van der Waals surface area contributed by atoms with Gasteiger partial charge in [0.15, 0.2) is 0 Å². The van der Waals surface area contributed by atoms with E-state index in [4.69, 9.17) is 5.73 Å². The summed E-state index contributed by atoms with van der Waals surface area (Å²) in [5, 5.41) is 9.40. The van der Waals surface area contributed by atoms with E-state index in [0.717, 1.165) is 18.4 Å². The van der Waals surface area contributed by atoms with E-state index in [-0.39, 0.29) is 53.3 Å². The van der Waals surface area contributed by atoms with E-state index in [1.54, 1.807) is 17.0 Å². The lowest BCUT2D eigenvalue weighted by Gasteiger charge is -2.45. The van der Waals surface area contributed by atoms with Gasteiger partial charge in [0.2, 0.25) is 11.8 Å². The predicted octanol–water partition coefficient (Wildman–Crippen LogP) is 2.04. The standard InChI is InChI=1S/C25H32FN5O2/c1-25(2,3)22(14-4-6-16(26)7-5-14)31-18-10-21(24(31)33)29(12-18)13-19(28)23(32)30-17(11-27)8-15-9-20(15)30/h4-7,15,17-22H,8-10,12-13,28H2,1-3H3/t15-,17?,18+,19?,20?,21?,22?/m1/s1. The fourth-order valence-corrected chi connectivity index (χ4v) is 6.36. The monoisotopic (exact) mass is 453 g/mol. The van der Waals surface area contributed by atoms with Crippen molar-refractivity contribution in [2.75, 3.05) is 13.1 Å². The summed E-state index contributed by atoms with van der Waals surface area (Å²) >= 11 is 0. The van der Waals surface area contributed by atoms with Crippen molar-refractivity contribution in [1.82, 2.24) is 14.7 Å². The van der Waals surface area contributed by atoms with Crippen LogP contribution in [0.3, 0.4) is 0 Å². The molecule has 5 unspecified atom stereocenters. The summed E-state index contributed by atoms with van der Waals surface area (Å²) in [6, 6.07) is 7.30. The lowest BCUT2D eigenvalue weighted by molar-refractivity contribution is -0.143. The third kappa shape index (κ3) is 3.71. The zero-order valence-electron chi connectivity index (χ0n) is 19.4. The summed E-state index contributed by atoms with van der Waals surface area (Å²) in [6.45, 7) is 7.28. The lowest BCUT2D eigenvalue weighted by Crippen LogP contribution is -2.58. The number of rotatable bonds is 5. The Hall–Kier alpha value is -2.50. The molecule has 4 fully saturated rings. The van der Waals surface area contributed by atoms with Crippen molar-refractivity contribution in [1.29, 1.82) is 5.26 Å². The lowest BCUT2D eigenvalue weighted by atomic mass is 9.80. The van der Waals surface area contributed by atoms with Crippen LogP contribution in [0.2, 0.25) is 0 Å². The average molecular weight is 454 g/mol. The second-order valence-corrected chi connectivity index (χ2v) is 11.2. The Morgan fingerprint density at radius 3 is 2.55 bits per heavy atom. The maximum absolute atomic E-state index is 13.5. The van der Waals surface area contributed by atoms with Crippen LogP contribution >= 0.6 is 0 Å². The molecule has 0 spiro atoms. The molecule has 2 N–H and O–H groups in total. The highest BCUT2D eigenvalue weighted by molar-refractivity contribution is 5.87. The van der Waals surface area contributed by atoms with Gasteiger partial charge in [-0.2, -0.15) is 5.26 Å². The number of hydrogen-bond acceptors (Lipinski definition) is 5. The molecule has 0 radical (unpaired) electrons. The minimum Gasteiger partial charge on any atom is -0.329 e. The molecule has 1 aromatic rings. The number of fused-ring (bicyclic) bond motifs is 3. The summed E-state index contributed by atoms with van der Waals surface area (Å²) < 4.78 is 13.5. The first kappa shape index (κ1) is 22.3. The Balaban J connectivity index is 1.29. The van der Waals surface area contributed by atoms with Gasteiger partial charge in [-0.15, -0.1) is 0 Å². The predicted molar refractivity (Wildman–Crippen MR) is 120 cm³/mol. The number of benzene rings is 1. The quantitative estimate of drug-likeness (QED) is 0.736. The zero-order chi connectivity index (χ0) is 23.7. The molecule has 1 aliphatic carbocycles. The largest absolute Gasteiger partial charge is 0.329 e. The molecule has 3 heterocycles. The second kappa shape index (κ2) is 7.78. The molecule has 1 aromatic carbocycles. The van der Waals surface area contributed by atoms with Crippen LogP contribution < -0.4 is 5.73 Å². The number of nitrogens with two attached hydrogens (primary N) is 1. The normalized spacial score (nSPS) is 32.6. The highest BCUT2D eigenvalue weighted by atomic mass is 19.1. The SMILES string of the molecule is CC(C)(C)C(c1ccc(F)cc1)N1C(=O)C2C[C@H]1CN2CC(N)C(=O)N1C(C#N)C[C@@H]2CC21. The molecule has 33 heavy (non-hydrogen) atoms. The second-order valence-electron chi connectivity index (χ2n) is 11.2. The van der Waals surface area contributed by atoms with Crippen LogP contribution in [0.15, 0.2) is 24.3 Å². The molecule has 1 saturated carbocycles. The zero-order valence-corrected chi connectivity index (χ0v) is 19.4. The van der Waals surface area contributed by atoms with Crippen molar-refractivity contribution in [3.8, 4) is 6.07 Å². The number of amides is 2. The van der Waals surface area contributed by atoms with Gasteiger partial charge in [0.1, 0.15) is 11.9 Å². The number of likely N-dealkylation sites (tertiary alicyclic amines) is 3. The minimum absolute atomic E-state index is 0.0329. The summed E-state index contributed by atoms with van der Waals surface area (Å²) in [5.74, 6) is 0.0372. The topological polar surface area (TPSA) is 93.7 Å². The molecule has 0 aromatic heterocycles. The molecule has 176 valence electrons. The molecule has 7 nitrogen and oxygen atoms in total. The number of piperazine rings is 1. The highest BCUT2D eigenvalue weighted by Crippen LogP contribution is 2.48. The summed E-state index contributed by atoms with van der Waals surface area (Å²) in [6.07, 6.45) is 2.43. The first-order valence-corrected chi connectivity index (χ1v) is 11.9. The van der Waals surface area contributed by atoms with Crippen LogP contribution in [0, 0.1) is 28.5 Å². The van der Waals surface area contributed by atoms with Crippen LogP contribution in [0.5, 0.6) is 0 Å². The number of nitriles is 1. The molecule has 7 atom stereocenters. The van der Waals surface area contributed by atoms with Gasteiger partial charge < -0.3 is 15.5 Å². The molecular weight excluding hydrogens is 421 g/mol. The van der Waals surface area contributed by atoms with Crippen molar-refractivity contribution in [2.45, 2.75) is 76.3 Å². The maximum Gasteiger partial charge on any atom is 0.242 e. The number of carbonyl (C=O) groups is 2. The Morgan fingerprint density at radius 2 is 1.94 bits per heavy atom. The van der Waals surface area contributed by atoms with Gasteiger partial charge >= 0.3 is 0 Å². The van der Waals surface area contributed by atoms with Gasteiger partial charge in [-0.3, -0.25) is 14.5 Å². The third-order valence-electron chi connectivity index (χ3n) is 7.85. The van der Waals surface area contributed by atoms with Crippen molar-refractivity contribution in [3.05, 3.63) is 35.6 Å². The van der Waals surface area contributed by atoms with Crippen LogP contribution in [0.1, 0.15) is 51.6 Å². The molecule has 5 rings (SSSR count). The molecular formula is C25H32FN5O2. The van der Waals surface area contributed by atoms with E-state index in [0.29, 0.717) is 25.4 Å². The van der Waals surface area contributed by atoms with Gasteiger partial charge in [0.25, 0.3) is 0 Å². The molecule has 8 heteroatoms. The number of nitrogens with zero attached hydrogens (tertiary/aromatic N) is 4. The highest BCUT2D eigenvalue weighted by Gasteiger charge is 2.56. The van der Waals surface area contributed by atoms with E-state index < -0.39 is 6.04 Å². The van der Waals surface area contributed by atoms with Gasteiger partial charge in [-0.05, 0) is 48.3 Å². The summed E-state index contributed by atoms with van der Waals surface area (Å²) in [7, 11) is 0. The van der Waals surface area contributed by atoms with Crippen LogP contribution in [0.25, 0.3) is 0 Å². The summed E-state index contributed by atoms with van der Waals surface area (Å²) in [5.41, 5.74) is 7.02. The first-order valence-electron chi connectivity index (χ1n) is 11.9. The fraction of sp³-hybridized carbons (Fsp3) is 0.640. The fourth-order valence-electron chi connectivity index (χ4n) is 6.36. The molecule has 2 amide bonds. The van der Waals surface area contributed by atoms with Crippen molar-refractivity contribution in [2.24, 2.45) is 17.1 Å². The van der Waals surface area contributed by atoms with E-state index >= 15 is 0 Å². The Labute approximate surface area is 194 Å². The first-order chi connectivity index (χ1) is 15.6. The molecule has 2 bridgehead atoms. The molecule has 3 saturated heterocycles. The van der Waals surface area contributed by atoms with Crippen LogP contribution in [-0.4, -0.2) is 69.8 Å². The third-order valence-corrected chi connectivity index (χ3v) is 7.85. The minimum atomic E-state index is -0.740. The van der Waals surface area contributed by atoms with E-state index in [2.05, 4.69) is 26.8 Å². The Bertz CT molecular complexity index is 1000. The number of hydrogen-bond donors (Lipinski definition) is 1. The number of piperidine rings is 1. The van der Waals surface area contributed by atoms with Gasteiger partial charge in [-0.25, -0.2) is 4.39 Å². The number of halogens is 1. The maximum atomic E-state index is 13.5. The van der Waals surface area contributed by atoms with E-state index in [9.17, 15) is 19.2 Å². The van der Waals surface area contributed by atoms with Crippen molar-refractivity contribution < 1.29 is 14.0 Å². The van der Waals surface area contributed by atoms with E-state index in [1.807, 2.05) is 9.80 Å². The Kier molecular flexibility index (Phi) is 5.26. The van der Waals surface area contributed by atoms with E-state index in [1.165, 1.54) is 12.1 Å². The van der Waals surface area contributed by atoms with Crippen molar-refractivity contribution in [3.63, 3.8) is 0 Å².